The molecular formula is C20H20N6O2S. The van der Waals surface area contributed by atoms with Gasteiger partial charge in [-0.15, -0.1) is 10.2 Å². The first-order valence-electron chi connectivity index (χ1n) is 9.60. The molecule has 2 aliphatic heterocycles. The minimum Gasteiger partial charge on any atom is -0.334 e. The highest BCUT2D eigenvalue weighted by Crippen LogP contribution is 2.43. The van der Waals surface area contributed by atoms with Gasteiger partial charge in [-0.05, 0) is 37.5 Å². The minimum absolute atomic E-state index is 0.0580. The van der Waals surface area contributed by atoms with Gasteiger partial charge in [0.05, 0.1) is 10.6 Å². The number of benzene rings is 1. The quantitative estimate of drug-likeness (QED) is 0.425. The molecule has 0 fully saturated rings. The largest absolute Gasteiger partial charge is 0.334 e. The maximum absolute atomic E-state index is 10.9. The first-order chi connectivity index (χ1) is 14.1. The summed E-state index contributed by atoms with van der Waals surface area (Å²) in [5.74, 6) is 1.57. The summed E-state index contributed by atoms with van der Waals surface area (Å²) in [7, 11) is 0. The van der Waals surface area contributed by atoms with Gasteiger partial charge >= 0.3 is 0 Å². The third-order valence-electron chi connectivity index (χ3n) is 5.17. The van der Waals surface area contributed by atoms with Gasteiger partial charge in [-0.25, -0.2) is 0 Å². The van der Waals surface area contributed by atoms with Gasteiger partial charge in [0.1, 0.15) is 22.5 Å². The van der Waals surface area contributed by atoms with Gasteiger partial charge in [0.2, 0.25) is 0 Å². The van der Waals surface area contributed by atoms with E-state index in [0.29, 0.717) is 17.9 Å². The highest BCUT2D eigenvalue weighted by Gasteiger charge is 2.28. The summed E-state index contributed by atoms with van der Waals surface area (Å²) in [4.78, 5) is 12.6. The molecule has 0 unspecified atom stereocenters. The van der Waals surface area contributed by atoms with Gasteiger partial charge in [-0.3, -0.25) is 10.1 Å². The molecular weight excluding hydrogens is 388 g/mol. The summed E-state index contributed by atoms with van der Waals surface area (Å²) < 4.78 is 2.08. The number of aromatic nitrogens is 3. The molecule has 2 aromatic rings. The van der Waals surface area contributed by atoms with Crippen LogP contribution in [0.25, 0.3) is 11.3 Å². The lowest BCUT2D eigenvalue weighted by atomic mass is 10.1. The van der Waals surface area contributed by atoms with Crippen molar-refractivity contribution in [1.82, 2.24) is 19.7 Å². The van der Waals surface area contributed by atoms with E-state index in [1.165, 1.54) is 23.9 Å². The monoisotopic (exact) mass is 408 g/mol. The number of nitro benzene ring substituents is 1. The van der Waals surface area contributed by atoms with Crippen molar-refractivity contribution in [2.75, 3.05) is 6.54 Å². The average Bonchev–Trinajstić information content (AvgIpc) is 3.26. The van der Waals surface area contributed by atoms with Crippen LogP contribution in [0.4, 0.5) is 5.69 Å². The Morgan fingerprint density at radius 2 is 2.07 bits per heavy atom. The number of fused-ring (bicyclic) bond motifs is 1. The Bertz CT molecular complexity index is 1050. The smallest absolute Gasteiger partial charge is 0.269 e. The Morgan fingerprint density at radius 3 is 2.76 bits per heavy atom. The number of allylic oxidation sites excluding steroid dienone is 1. The zero-order chi connectivity index (χ0) is 20.4. The third-order valence-corrected chi connectivity index (χ3v) is 6.16. The average molecular weight is 408 g/mol. The minimum atomic E-state index is -0.407. The molecule has 9 heteroatoms. The predicted octanol–water partition coefficient (Wildman–Crippen LogP) is 4.17. The summed E-state index contributed by atoms with van der Waals surface area (Å²) in [6, 6.07) is 8.83. The molecule has 0 atom stereocenters. The summed E-state index contributed by atoms with van der Waals surface area (Å²) in [6.45, 7) is 3.51. The van der Waals surface area contributed by atoms with Crippen molar-refractivity contribution in [1.29, 1.82) is 5.26 Å². The summed E-state index contributed by atoms with van der Waals surface area (Å²) >= 11 is 1.48. The van der Waals surface area contributed by atoms with E-state index in [9.17, 15) is 15.4 Å². The zero-order valence-corrected chi connectivity index (χ0v) is 16.9. The SMILES string of the molecule is CCN1C(c2ccc([N+](=O)[O-])cc2)=CSC1=C(C#N)c1nnc2n1CCCCC2. The Labute approximate surface area is 172 Å². The highest BCUT2D eigenvalue weighted by atomic mass is 32.2. The number of nitrogens with zero attached hydrogens (tertiary/aromatic N) is 6. The van der Waals surface area contributed by atoms with Crippen molar-refractivity contribution < 1.29 is 4.92 Å². The number of rotatable bonds is 4. The van der Waals surface area contributed by atoms with Crippen LogP contribution in [0.5, 0.6) is 0 Å². The molecule has 0 N–H and O–H groups in total. The first-order valence-corrected chi connectivity index (χ1v) is 10.5. The van der Waals surface area contributed by atoms with Gasteiger partial charge in [-0.2, -0.15) is 5.26 Å². The third kappa shape index (κ3) is 3.51. The highest BCUT2D eigenvalue weighted by molar-refractivity contribution is 8.06. The Kier molecular flexibility index (Phi) is 5.36. The lowest BCUT2D eigenvalue weighted by molar-refractivity contribution is -0.384. The van der Waals surface area contributed by atoms with E-state index in [0.717, 1.165) is 54.3 Å². The molecule has 0 aliphatic carbocycles. The fraction of sp³-hybridized carbons (Fsp3) is 0.350. The van der Waals surface area contributed by atoms with E-state index >= 15 is 0 Å². The maximum Gasteiger partial charge on any atom is 0.269 e. The fourth-order valence-corrected chi connectivity index (χ4v) is 4.79. The van der Waals surface area contributed by atoms with E-state index in [1.807, 2.05) is 12.3 Å². The lowest BCUT2D eigenvalue weighted by Crippen LogP contribution is -2.18. The van der Waals surface area contributed by atoms with Crippen molar-refractivity contribution in [2.24, 2.45) is 0 Å². The molecule has 0 saturated heterocycles. The number of hydrogen-bond acceptors (Lipinski definition) is 7. The van der Waals surface area contributed by atoms with Crippen LogP contribution in [-0.2, 0) is 13.0 Å². The van der Waals surface area contributed by atoms with Crippen molar-refractivity contribution in [3.8, 4) is 6.07 Å². The zero-order valence-electron chi connectivity index (χ0n) is 16.0. The fourth-order valence-electron chi connectivity index (χ4n) is 3.70. The summed E-state index contributed by atoms with van der Waals surface area (Å²) in [5, 5.41) is 32.4. The van der Waals surface area contributed by atoms with Crippen LogP contribution < -0.4 is 0 Å². The molecule has 1 aromatic heterocycles. The van der Waals surface area contributed by atoms with E-state index in [-0.39, 0.29) is 5.69 Å². The number of hydrogen-bond donors (Lipinski definition) is 0. The summed E-state index contributed by atoms with van der Waals surface area (Å²) in [6.07, 6.45) is 4.20. The molecule has 29 heavy (non-hydrogen) atoms. The lowest BCUT2D eigenvalue weighted by Gasteiger charge is -2.22. The number of non-ortho nitro benzene ring substituents is 1. The normalized spacial score (nSPS) is 17.9. The first kappa shape index (κ1) is 19.2. The van der Waals surface area contributed by atoms with Crippen molar-refractivity contribution in [3.63, 3.8) is 0 Å². The Balaban J connectivity index is 1.71. The van der Waals surface area contributed by atoms with E-state index < -0.39 is 4.92 Å². The summed E-state index contributed by atoms with van der Waals surface area (Å²) in [5.41, 5.74) is 2.37. The number of nitriles is 1. The van der Waals surface area contributed by atoms with Gasteiger partial charge in [0, 0.05) is 37.1 Å². The standard InChI is InChI=1S/C20H20N6O2S/c1-2-24-17(14-7-9-15(10-8-14)26(27)28)13-29-20(24)16(12-21)19-23-22-18-6-4-3-5-11-25(18)19/h7-10,13H,2-6,11H2,1H3. The molecule has 0 amide bonds. The second kappa shape index (κ2) is 8.09. The molecule has 0 saturated carbocycles. The van der Waals surface area contributed by atoms with Gasteiger partial charge in [0.25, 0.3) is 5.69 Å². The number of thioether (sulfide) groups is 1. The van der Waals surface area contributed by atoms with Crippen molar-refractivity contribution >= 4 is 28.7 Å². The molecule has 2 aliphatic rings. The number of aryl methyl sites for hydroxylation is 1. The molecule has 4 rings (SSSR count). The van der Waals surface area contributed by atoms with Crippen LogP contribution in [0.3, 0.4) is 0 Å². The second-order valence-electron chi connectivity index (χ2n) is 6.86. The van der Waals surface area contributed by atoms with Crippen molar-refractivity contribution in [2.45, 2.75) is 39.2 Å². The van der Waals surface area contributed by atoms with E-state index in [4.69, 9.17) is 0 Å². The topological polar surface area (TPSA) is 101 Å². The van der Waals surface area contributed by atoms with Crippen LogP contribution in [0, 0.1) is 21.4 Å². The molecule has 0 spiro atoms. The second-order valence-corrected chi connectivity index (χ2v) is 7.72. The molecule has 148 valence electrons. The molecule has 0 radical (unpaired) electrons. The molecule has 8 nitrogen and oxygen atoms in total. The van der Waals surface area contributed by atoms with E-state index in [2.05, 4.69) is 25.7 Å². The van der Waals surface area contributed by atoms with Crippen molar-refractivity contribution in [3.05, 3.63) is 62.0 Å². The molecule has 3 heterocycles. The van der Waals surface area contributed by atoms with Gasteiger partial charge in [-0.1, -0.05) is 18.2 Å². The number of nitro groups is 1. The van der Waals surface area contributed by atoms with Crippen LogP contribution in [-0.4, -0.2) is 31.1 Å². The maximum atomic E-state index is 10.9. The van der Waals surface area contributed by atoms with E-state index in [1.54, 1.807) is 12.1 Å². The van der Waals surface area contributed by atoms with Gasteiger partial charge in [0.15, 0.2) is 5.82 Å². The predicted molar refractivity (Wildman–Crippen MR) is 111 cm³/mol. The Hall–Kier alpha value is -3.12. The van der Waals surface area contributed by atoms with Crippen LogP contribution in [0.1, 0.15) is 43.4 Å². The van der Waals surface area contributed by atoms with Crippen LogP contribution in [0.15, 0.2) is 34.7 Å². The van der Waals surface area contributed by atoms with Crippen LogP contribution in [0.2, 0.25) is 0 Å². The van der Waals surface area contributed by atoms with Crippen LogP contribution >= 0.6 is 11.8 Å². The molecule has 1 aromatic carbocycles. The Morgan fingerprint density at radius 1 is 1.28 bits per heavy atom. The molecule has 0 bridgehead atoms. The van der Waals surface area contributed by atoms with Gasteiger partial charge < -0.3 is 9.47 Å².